The number of benzene rings is 2. The van der Waals surface area contributed by atoms with Crippen molar-refractivity contribution in [1.82, 2.24) is 5.32 Å². The van der Waals surface area contributed by atoms with E-state index >= 15 is 0 Å². The predicted octanol–water partition coefficient (Wildman–Crippen LogP) is 6.13. The van der Waals surface area contributed by atoms with Crippen LogP contribution in [-0.4, -0.2) is 26.7 Å². The van der Waals surface area contributed by atoms with Crippen LogP contribution < -0.4 is 14.8 Å². The molecule has 1 N–H and O–H groups in total. The molecule has 0 fully saturated rings. The molecule has 2 aromatic carbocycles. The summed E-state index contributed by atoms with van der Waals surface area (Å²) in [5, 5.41) is 5.11. The van der Waals surface area contributed by atoms with E-state index in [0.29, 0.717) is 11.4 Å². The third-order valence-electron chi connectivity index (χ3n) is 4.95. The van der Waals surface area contributed by atoms with Crippen LogP contribution >= 0.6 is 22.7 Å². The average Bonchev–Trinajstić information content (AvgIpc) is 3.49. The molecule has 6 heteroatoms. The number of methoxy groups -OCH3 is 2. The predicted molar refractivity (Wildman–Crippen MR) is 129 cm³/mol. The van der Waals surface area contributed by atoms with Gasteiger partial charge in [-0.2, -0.15) is 0 Å². The topological polar surface area (TPSA) is 47.6 Å². The van der Waals surface area contributed by atoms with E-state index in [4.69, 9.17) is 9.47 Å². The Bertz CT molecular complexity index is 1070. The van der Waals surface area contributed by atoms with Crippen LogP contribution in [0.4, 0.5) is 0 Å². The van der Waals surface area contributed by atoms with Crippen LogP contribution in [0.2, 0.25) is 0 Å². The fourth-order valence-electron chi connectivity index (χ4n) is 3.29. The molecule has 0 spiro atoms. The van der Waals surface area contributed by atoms with Gasteiger partial charge in [-0.15, -0.1) is 22.7 Å². The molecular formula is C25H23NO3S2. The summed E-state index contributed by atoms with van der Waals surface area (Å²) in [5.41, 5.74) is 3.12. The monoisotopic (exact) mass is 449 g/mol. The molecule has 0 saturated heterocycles. The van der Waals surface area contributed by atoms with Crippen molar-refractivity contribution in [3.05, 3.63) is 81.9 Å². The second kappa shape index (κ2) is 9.81. The summed E-state index contributed by atoms with van der Waals surface area (Å²) in [6, 6.07) is 21.9. The first-order valence-electron chi connectivity index (χ1n) is 9.91. The van der Waals surface area contributed by atoms with Crippen molar-refractivity contribution < 1.29 is 14.3 Å². The lowest BCUT2D eigenvalue weighted by molar-refractivity contribution is 0.0958. The molecule has 2 aromatic heterocycles. The van der Waals surface area contributed by atoms with Crippen LogP contribution in [0.1, 0.15) is 14.5 Å². The highest BCUT2D eigenvalue weighted by molar-refractivity contribution is 7.18. The number of hydrogen-bond donors (Lipinski definition) is 1. The molecule has 31 heavy (non-hydrogen) atoms. The number of carbonyl (C=O) groups is 1. The summed E-state index contributed by atoms with van der Waals surface area (Å²) in [6.45, 7) is 0.618. The van der Waals surface area contributed by atoms with E-state index in [9.17, 15) is 4.79 Å². The van der Waals surface area contributed by atoms with Gasteiger partial charge < -0.3 is 14.8 Å². The Labute approximate surface area is 190 Å². The molecule has 158 valence electrons. The van der Waals surface area contributed by atoms with Gasteiger partial charge in [0.05, 0.1) is 19.1 Å². The third-order valence-corrected chi connectivity index (χ3v) is 7.07. The Morgan fingerprint density at radius 3 is 2.13 bits per heavy atom. The quantitative estimate of drug-likeness (QED) is 0.352. The lowest BCUT2D eigenvalue weighted by Gasteiger charge is -2.07. The van der Waals surface area contributed by atoms with Gasteiger partial charge in [0.1, 0.15) is 11.5 Å². The number of carbonyl (C=O) groups excluding carboxylic acids is 1. The molecule has 0 bridgehead atoms. The highest BCUT2D eigenvalue weighted by Gasteiger charge is 2.17. The van der Waals surface area contributed by atoms with Gasteiger partial charge in [0, 0.05) is 21.9 Å². The maximum absolute atomic E-state index is 12.9. The van der Waals surface area contributed by atoms with Crippen LogP contribution in [0.25, 0.3) is 21.6 Å². The van der Waals surface area contributed by atoms with Crippen molar-refractivity contribution in [3.8, 4) is 33.1 Å². The molecule has 1 amide bonds. The third kappa shape index (κ3) is 4.98. The maximum atomic E-state index is 12.9. The molecule has 0 unspecified atom stereocenters. The molecule has 4 rings (SSSR count). The Morgan fingerprint density at radius 1 is 0.903 bits per heavy atom. The Hall–Kier alpha value is -3.09. The summed E-state index contributed by atoms with van der Waals surface area (Å²) in [6.07, 6.45) is 0.839. The van der Waals surface area contributed by atoms with Crippen molar-refractivity contribution in [1.29, 1.82) is 0 Å². The summed E-state index contributed by atoms with van der Waals surface area (Å²) in [5.74, 6) is 1.56. The van der Waals surface area contributed by atoms with E-state index in [0.717, 1.165) is 39.5 Å². The minimum atomic E-state index is -0.0453. The molecule has 0 aliphatic carbocycles. The highest BCUT2D eigenvalue weighted by Crippen LogP contribution is 2.40. The van der Waals surface area contributed by atoms with Crippen LogP contribution in [0.3, 0.4) is 0 Å². The van der Waals surface area contributed by atoms with E-state index in [2.05, 4.69) is 16.8 Å². The average molecular weight is 450 g/mol. The van der Waals surface area contributed by atoms with Crippen molar-refractivity contribution in [2.24, 2.45) is 0 Å². The first-order valence-corrected chi connectivity index (χ1v) is 11.6. The summed E-state index contributed by atoms with van der Waals surface area (Å²) >= 11 is 3.21. The van der Waals surface area contributed by atoms with Crippen LogP contribution in [0, 0.1) is 0 Å². The maximum Gasteiger partial charge on any atom is 0.261 e. The Kier molecular flexibility index (Phi) is 6.70. The summed E-state index contributed by atoms with van der Waals surface area (Å²) in [4.78, 5) is 15.9. The number of ether oxygens (including phenoxy) is 2. The fraction of sp³-hybridized carbons (Fsp3) is 0.160. The van der Waals surface area contributed by atoms with Crippen molar-refractivity contribution in [2.45, 2.75) is 6.42 Å². The Morgan fingerprint density at radius 2 is 1.55 bits per heavy atom. The zero-order chi connectivity index (χ0) is 21.6. The van der Waals surface area contributed by atoms with Gasteiger partial charge in [0.2, 0.25) is 0 Å². The van der Waals surface area contributed by atoms with Gasteiger partial charge in [-0.05, 0) is 71.5 Å². The molecule has 4 nitrogen and oxygen atoms in total. The van der Waals surface area contributed by atoms with Crippen molar-refractivity contribution in [3.63, 3.8) is 0 Å². The smallest absolute Gasteiger partial charge is 0.261 e. The van der Waals surface area contributed by atoms with Crippen LogP contribution in [0.15, 0.2) is 72.1 Å². The fourth-order valence-corrected chi connectivity index (χ4v) is 5.10. The number of amides is 1. The molecule has 0 saturated carbocycles. The minimum Gasteiger partial charge on any atom is -0.497 e. The molecular weight excluding hydrogens is 426 g/mol. The number of hydrogen-bond acceptors (Lipinski definition) is 5. The van der Waals surface area contributed by atoms with Gasteiger partial charge in [0.25, 0.3) is 5.91 Å². The zero-order valence-corrected chi connectivity index (χ0v) is 19.0. The van der Waals surface area contributed by atoms with Crippen LogP contribution in [-0.2, 0) is 6.42 Å². The standard InChI is InChI=1S/C25H23NO3S2/c1-28-19-9-5-17(6-10-19)22-16-23(25(27)26-14-13-21-4-3-15-30-21)31-24(22)18-7-11-20(29-2)12-8-18/h3-12,15-16H,13-14H2,1-2H3,(H,26,27). The van der Waals surface area contributed by atoms with Gasteiger partial charge in [-0.25, -0.2) is 0 Å². The second-order valence-electron chi connectivity index (χ2n) is 6.90. The lowest BCUT2D eigenvalue weighted by Crippen LogP contribution is -2.24. The molecule has 0 aliphatic heterocycles. The normalized spacial score (nSPS) is 10.6. The number of nitrogens with one attached hydrogen (secondary N) is 1. The SMILES string of the molecule is COc1ccc(-c2cc(C(=O)NCCc3cccs3)sc2-c2ccc(OC)cc2)cc1. The lowest BCUT2D eigenvalue weighted by atomic mass is 10.0. The van der Waals surface area contributed by atoms with Crippen molar-refractivity contribution in [2.75, 3.05) is 20.8 Å². The van der Waals surface area contributed by atoms with E-state index < -0.39 is 0 Å². The van der Waals surface area contributed by atoms with Gasteiger partial charge in [-0.1, -0.05) is 18.2 Å². The summed E-state index contributed by atoms with van der Waals surface area (Å²) in [7, 11) is 3.31. The van der Waals surface area contributed by atoms with Gasteiger partial charge in [-0.3, -0.25) is 4.79 Å². The van der Waals surface area contributed by atoms with Gasteiger partial charge >= 0.3 is 0 Å². The van der Waals surface area contributed by atoms with E-state index in [1.165, 1.54) is 16.2 Å². The number of rotatable bonds is 8. The largest absolute Gasteiger partial charge is 0.497 e. The van der Waals surface area contributed by atoms with E-state index in [1.807, 2.05) is 60.7 Å². The van der Waals surface area contributed by atoms with Gasteiger partial charge in [0.15, 0.2) is 0 Å². The molecule has 0 atom stereocenters. The highest BCUT2D eigenvalue weighted by atomic mass is 32.1. The second-order valence-corrected chi connectivity index (χ2v) is 8.98. The molecule has 2 heterocycles. The van der Waals surface area contributed by atoms with E-state index in [1.54, 1.807) is 25.6 Å². The van der Waals surface area contributed by atoms with E-state index in [-0.39, 0.29) is 5.91 Å². The first-order chi connectivity index (χ1) is 15.2. The molecule has 0 radical (unpaired) electrons. The zero-order valence-electron chi connectivity index (χ0n) is 17.4. The van der Waals surface area contributed by atoms with Crippen LogP contribution in [0.5, 0.6) is 11.5 Å². The number of thiophene rings is 2. The Balaban J connectivity index is 1.62. The molecule has 4 aromatic rings. The minimum absolute atomic E-state index is 0.0453. The summed E-state index contributed by atoms with van der Waals surface area (Å²) < 4.78 is 10.6. The first kappa shape index (κ1) is 21.2. The molecule has 0 aliphatic rings. The van der Waals surface area contributed by atoms with Crippen molar-refractivity contribution >= 4 is 28.6 Å².